The van der Waals surface area contributed by atoms with E-state index >= 15 is 0 Å². The number of amides is 1. The zero-order valence-corrected chi connectivity index (χ0v) is 13.4. The number of rotatable bonds is 6. The lowest BCUT2D eigenvalue weighted by molar-refractivity contribution is -0.120. The highest BCUT2D eigenvalue weighted by molar-refractivity contribution is 5.81. The Morgan fingerprint density at radius 2 is 1.88 bits per heavy atom. The maximum Gasteiger partial charge on any atom is 0.239 e. The lowest BCUT2D eigenvalue weighted by Crippen LogP contribution is -2.33. The second-order valence-corrected chi connectivity index (χ2v) is 5.64. The van der Waals surface area contributed by atoms with Crippen LogP contribution in [0.1, 0.15) is 22.9 Å². The van der Waals surface area contributed by atoms with Crippen LogP contribution < -0.4 is 11.1 Å². The molecule has 1 aromatic heterocycles. The first-order valence-electron chi connectivity index (χ1n) is 7.72. The van der Waals surface area contributed by atoms with E-state index in [0.717, 1.165) is 11.1 Å². The number of aryl methyl sites for hydroxylation is 1. The Bertz CT molecular complexity index is 810. The summed E-state index contributed by atoms with van der Waals surface area (Å²) < 4.78 is 5.52. The third-order valence-corrected chi connectivity index (χ3v) is 3.75. The number of nitrogens with one attached hydrogen (secondary N) is 1. The van der Waals surface area contributed by atoms with Gasteiger partial charge in [0.05, 0.1) is 5.69 Å². The first-order valence-corrected chi connectivity index (χ1v) is 7.72. The van der Waals surface area contributed by atoms with Gasteiger partial charge in [0, 0.05) is 12.1 Å². The van der Waals surface area contributed by atoms with Gasteiger partial charge in [-0.2, -0.15) is 0 Å². The molecule has 0 saturated carbocycles. The number of hydrogen-bond donors (Lipinski definition) is 2. The monoisotopic (exact) mass is 321 g/mol. The van der Waals surface area contributed by atoms with Crippen molar-refractivity contribution in [2.24, 2.45) is 5.73 Å². The molecule has 3 N–H and O–H groups in total. The number of carbonyl (C=O) groups excluding carboxylic acids is 1. The number of nitrogens with two attached hydrogens (primary N) is 1. The van der Waals surface area contributed by atoms with Crippen LogP contribution in [-0.2, 0) is 11.3 Å². The van der Waals surface area contributed by atoms with Crippen molar-refractivity contribution in [3.8, 4) is 11.5 Å². The molecule has 5 heteroatoms. The third kappa shape index (κ3) is 3.70. The molecule has 1 atom stereocenters. The van der Waals surface area contributed by atoms with Crippen molar-refractivity contribution >= 4 is 5.91 Å². The first kappa shape index (κ1) is 16.0. The smallest absolute Gasteiger partial charge is 0.239 e. The third-order valence-electron chi connectivity index (χ3n) is 3.75. The van der Waals surface area contributed by atoms with Crippen LogP contribution in [0.5, 0.6) is 0 Å². The Balaban J connectivity index is 1.70. The first-order chi connectivity index (χ1) is 11.6. The molecule has 1 amide bonds. The SMILES string of the molecule is Cc1ccc(-c2nc(CN[C@H](C(N)=O)c3ccccc3)co2)cc1. The Hall–Kier alpha value is -2.92. The van der Waals surface area contributed by atoms with Gasteiger partial charge in [-0.3, -0.25) is 10.1 Å². The summed E-state index contributed by atoms with van der Waals surface area (Å²) in [5.74, 6) is 0.130. The minimum absolute atomic E-state index is 0.387. The number of oxazole rings is 1. The molecule has 3 rings (SSSR count). The molecule has 24 heavy (non-hydrogen) atoms. The average molecular weight is 321 g/mol. The molecule has 0 saturated heterocycles. The Kier molecular flexibility index (Phi) is 4.72. The molecule has 0 spiro atoms. The van der Waals surface area contributed by atoms with Gasteiger partial charge >= 0.3 is 0 Å². The summed E-state index contributed by atoms with van der Waals surface area (Å²) in [6.45, 7) is 2.42. The highest BCUT2D eigenvalue weighted by Gasteiger charge is 2.17. The largest absolute Gasteiger partial charge is 0.444 e. The molecular weight excluding hydrogens is 302 g/mol. The Labute approximate surface area is 140 Å². The van der Waals surface area contributed by atoms with E-state index in [1.54, 1.807) is 6.26 Å². The van der Waals surface area contributed by atoms with Crippen LogP contribution in [0.4, 0.5) is 0 Å². The van der Waals surface area contributed by atoms with Crippen molar-refractivity contribution in [3.05, 3.63) is 77.7 Å². The van der Waals surface area contributed by atoms with Crippen LogP contribution in [0, 0.1) is 6.92 Å². The number of carbonyl (C=O) groups is 1. The normalized spacial score (nSPS) is 12.0. The van der Waals surface area contributed by atoms with Gasteiger partial charge < -0.3 is 10.2 Å². The quantitative estimate of drug-likeness (QED) is 0.731. The van der Waals surface area contributed by atoms with Crippen molar-refractivity contribution in [1.82, 2.24) is 10.3 Å². The molecule has 122 valence electrons. The van der Waals surface area contributed by atoms with E-state index in [9.17, 15) is 4.79 Å². The van der Waals surface area contributed by atoms with Gasteiger partial charge in [0.1, 0.15) is 12.3 Å². The number of nitrogens with zero attached hydrogens (tertiary/aromatic N) is 1. The van der Waals surface area contributed by atoms with Crippen molar-refractivity contribution in [2.75, 3.05) is 0 Å². The maximum absolute atomic E-state index is 11.7. The molecule has 0 aliphatic carbocycles. The van der Waals surface area contributed by atoms with Crippen LogP contribution in [0.15, 0.2) is 65.3 Å². The van der Waals surface area contributed by atoms with Crippen LogP contribution in [-0.4, -0.2) is 10.9 Å². The van der Waals surface area contributed by atoms with Crippen molar-refractivity contribution in [1.29, 1.82) is 0 Å². The highest BCUT2D eigenvalue weighted by Crippen LogP contribution is 2.19. The van der Waals surface area contributed by atoms with E-state index in [2.05, 4.69) is 10.3 Å². The topological polar surface area (TPSA) is 81.1 Å². The predicted molar refractivity (Wildman–Crippen MR) is 91.9 cm³/mol. The fraction of sp³-hybridized carbons (Fsp3) is 0.158. The molecule has 3 aromatic rings. The molecule has 0 aliphatic heterocycles. The molecule has 0 bridgehead atoms. The van der Waals surface area contributed by atoms with Gasteiger partial charge in [-0.05, 0) is 24.6 Å². The van der Waals surface area contributed by atoms with E-state index < -0.39 is 11.9 Å². The summed E-state index contributed by atoms with van der Waals surface area (Å²) in [7, 11) is 0. The average Bonchev–Trinajstić information content (AvgIpc) is 3.05. The Morgan fingerprint density at radius 3 is 2.54 bits per heavy atom. The molecule has 2 aromatic carbocycles. The van der Waals surface area contributed by atoms with E-state index in [4.69, 9.17) is 10.2 Å². The van der Waals surface area contributed by atoms with Crippen molar-refractivity contribution < 1.29 is 9.21 Å². The molecule has 0 unspecified atom stereocenters. The van der Waals surface area contributed by atoms with Gasteiger partial charge in [0.2, 0.25) is 11.8 Å². The summed E-state index contributed by atoms with van der Waals surface area (Å²) in [5.41, 5.74) is 9.14. The van der Waals surface area contributed by atoms with Gasteiger partial charge in [-0.15, -0.1) is 0 Å². The van der Waals surface area contributed by atoms with Gasteiger partial charge in [-0.1, -0.05) is 48.0 Å². The standard InChI is InChI=1S/C19H19N3O2/c1-13-7-9-15(10-8-13)19-22-16(12-24-19)11-21-17(18(20)23)14-5-3-2-4-6-14/h2-10,12,17,21H,11H2,1H3,(H2,20,23)/t17-/m0/s1. The number of benzene rings is 2. The second kappa shape index (κ2) is 7.10. The zero-order chi connectivity index (χ0) is 16.9. The van der Waals surface area contributed by atoms with Gasteiger partial charge in [0.25, 0.3) is 0 Å². The lowest BCUT2D eigenvalue weighted by atomic mass is 10.1. The summed E-state index contributed by atoms with van der Waals surface area (Å²) in [5, 5.41) is 3.13. The van der Waals surface area contributed by atoms with Gasteiger partial charge in [-0.25, -0.2) is 4.98 Å². The van der Waals surface area contributed by atoms with Crippen LogP contribution in [0.3, 0.4) is 0 Å². The summed E-state index contributed by atoms with van der Waals surface area (Å²) >= 11 is 0. The van der Waals surface area contributed by atoms with Crippen LogP contribution >= 0.6 is 0 Å². The van der Waals surface area contributed by atoms with E-state index in [1.165, 1.54) is 5.56 Å². The number of primary amides is 1. The highest BCUT2D eigenvalue weighted by atomic mass is 16.3. The Morgan fingerprint density at radius 1 is 1.17 bits per heavy atom. The van der Waals surface area contributed by atoms with E-state index in [-0.39, 0.29) is 0 Å². The molecule has 0 fully saturated rings. The predicted octanol–water partition coefficient (Wildman–Crippen LogP) is 2.97. The second-order valence-electron chi connectivity index (χ2n) is 5.64. The van der Waals surface area contributed by atoms with E-state index in [0.29, 0.717) is 18.1 Å². The minimum Gasteiger partial charge on any atom is -0.444 e. The number of aromatic nitrogens is 1. The number of hydrogen-bond acceptors (Lipinski definition) is 4. The van der Waals surface area contributed by atoms with Crippen LogP contribution in [0.25, 0.3) is 11.5 Å². The molecular formula is C19H19N3O2. The molecule has 1 heterocycles. The summed E-state index contributed by atoms with van der Waals surface area (Å²) in [4.78, 5) is 16.1. The lowest BCUT2D eigenvalue weighted by Gasteiger charge is -2.14. The fourth-order valence-electron chi connectivity index (χ4n) is 2.45. The summed E-state index contributed by atoms with van der Waals surface area (Å²) in [6, 6.07) is 16.8. The zero-order valence-electron chi connectivity index (χ0n) is 13.4. The fourth-order valence-corrected chi connectivity index (χ4v) is 2.45. The maximum atomic E-state index is 11.7. The van der Waals surface area contributed by atoms with E-state index in [1.807, 2.05) is 61.5 Å². The molecule has 0 aliphatic rings. The van der Waals surface area contributed by atoms with Crippen LogP contribution in [0.2, 0.25) is 0 Å². The van der Waals surface area contributed by atoms with Crippen molar-refractivity contribution in [2.45, 2.75) is 19.5 Å². The minimum atomic E-state index is -0.564. The molecule has 0 radical (unpaired) electrons. The summed E-state index contributed by atoms with van der Waals surface area (Å²) in [6.07, 6.45) is 1.59. The molecule has 5 nitrogen and oxygen atoms in total. The van der Waals surface area contributed by atoms with Gasteiger partial charge in [0.15, 0.2) is 0 Å². The van der Waals surface area contributed by atoms with Crippen molar-refractivity contribution in [3.63, 3.8) is 0 Å².